The van der Waals surface area contributed by atoms with E-state index < -0.39 is 17.6 Å². The molecule has 2 nitrogen and oxygen atoms in total. The van der Waals surface area contributed by atoms with E-state index in [1.807, 2.05) is 0 Å². The molecule has 0 fully saturated rings. The van der Waals surface area contributed by atoms with Gasteiger partial charge in [-0.05, 0) is 23.5 Å². The smallest absolute Gasteiger partial charge is 0.248 e. The van der Waals surface area contributed by atoms with Gasteiger partial charge in [0.15, 0.2) is 0 Å². The van der Waals surface area contributed by atoms with E-state index in [9.17, 15) is 4.79 Å². The van der Waals surface area contributed by atoms with Crippen LogP contribution < -0.4 is 5.56 Å². The Bertz CT molecular complexity index is 696. The molecule has 0 saturated heterocycles. The zero-order chi connectivity index (χ0) is 12.9. The van der Waals surface area contributed by atoms with Crippen LogP contribution in [0, 0.1) is 0 Å². The summed E-state index contributed by atoms with van der Waals surface area (Å²) < 4.78 is 38.1. The summed E-state index contributed by atoms with van der Waals surface area (Å²) in [6, 6.07) is -1.66. The third kappa shape index (κ3) is 1.28. The Morgan fingerprint density at radius 1 is 1.33 bits per heavy atom. The number of aromatic nitrogens is 1. The minimum Gasteiger partial charge on any atom is -0.322 e. The van der Waals surface area contributed by atoms with Crippen LogP contribution in [0.5, 0.6) is 0 Å². The largest absolute Gasteiger partial charge is 0.322 e. The summed E-state index contributed by atoms with van der Waals surface area (Å²) in [7, 11) is 0. The lowest BCUT2D eigenvalue weighted by Crippen LogP contribution is -2.01. The van der Waals surface area contributed by atoms with Gasteiger partial charge in [0.05, 0.1) is 6.85 Å². The van der Waals surface area contributed by atoms with Crippen molar-refractivity contribution >= 4 is 26.8 Å². The topological polar surface area (TPSA) is 32.9 Å². The summed E-state index contributed by atoms with van der Waals surface area (Å²) in [5.74, 6) is 0. The van der Waals surface area contributed by atoms with Gasteiger partial charge >= 0.3 is 0 Å². The molecule has 0 aliphatic rings. The molecular formula is C9H6BrNO. The van der Waals surface area contributed by atoms with Gasteiger partial charge in [0.2, 0.25) is 5.56 Å². The highest BCUT2D eigenvalue weighted by Gasteiger charge is 1.93. The minimum absolute atomic E-state index is 0.00359. The molecule has 0 spiro atoms. The first-order chi connectivity index (χ1) is 7.86. The third-order valence-corrected chi connectivity index (χ3v) is 1.72. The monoisotopic (exact) mass is 228 g/mol. The summed E-state index contributed by atoms with van der Waals surface area (Å²) >= 11 is 2.99. The van der Waals surface area contributed by atoms with Gasteiger partial charge in [-0.2, -0.15) is 0 Å². The number of rotatable bonds is 0. The molecule has 0 unspecified atom stereocenters. The van der Waals surface area contributed by atoms with Gasteiger partial charge in [-0.1, -0.05) is 22.0 Å². The van der Waals surface area contributed by atoms with E-state index in [0.29, 0.717) is 0 Å². The van der Waals surface area contributed by atoms with Gasteiger partial charge in [0, 0.05) is 16.0 Å². The van der Waals surface area contributed by atoms with Crippen LogP contribution in [0.1, 0.15) is 6.85 Å². The average molecular weight is 229 g/mol. The molecule has 0 radical (unpaired) electrons. The van der Waals surface area contributed by atoms with Gasteiger partial charge in [-0.25, -0.2) is 0 Å². The summed E-state index contributed by atoms with van der Waals surface area (Å²) in [5, 5.41) is -0.0483. The molecule has 1 aromatic carbocycles. The fourth-order valence-corrected chi connectivity index (χ4v) is 1.13. The summed E-state index contributed by atoms with van der Waals surface area (Å²) in [5.41, 5.74) is -0.774. The Hall–Kier alpha value is -1.09. The maximum Gasteiger partial charge on any atom is 0.248 e. The van der Waals surface area contributed by atoms with Gasteiger partial charge in [-0.3, -0.25) is 4.79 Å². The molecule has 0 aliphatic heterocycles. The number of hydrogen-bond acceptors (Lipinski definition) is 1. The first kappa shape index (κ1) is 3.75. The number of fused-ring (bicyclic) bond motifs is 1. The number of pyridine rings is 1. The highest BCUT2D eigenvalue weighted by atomic mass is 79.9. The Morgan fingerprint density at radius 3 is 2.92 bits per heavy atom. The third-order valence-electron chi connectivity index (χ3n) is 1.32. The standard InChI is InChI=1S/C9H6BrNO/c10-7-3-1-6-2-4-9(12)11-8(6)5-7/h1-5H,(H,11,12)/i1D,2D,3D,4D,5D. The molecule has 3 heteroatoms. The lowest BCUT2D eigenvalue weighted by molar-refractivity contribution is 1.30. The maximum atomic E-state index is 11.3. The van der Waals surface area contributed by atoms with Crippen LogP contribution in [-0.2, 0) is 0 Å². The highest BCUT2D eigenvalue weighted by molar-refractivity contribution is 9.10. The van der Waals surface area contributed by atoms with E-state index in [-0.39, 0.29) is 33.5 Å². The predicted molar refractivity (Wildman–Crippen MR) is 52.3 cm³/mol. The average Bonchev–Trinajstić information content (AvgIpc) is 2.30. The molecule has 0 saturated carbocycles. The molecule has 1 N–H and O–H groups in total. The van der Waals surface area contributed by atoms with Crippen molar-refractivity contribution in [2.45, 2.75) is 0 Å². The van der Waals surface area contributed by atoms with Crippen LogP contribution in [-0.4, -0.2) is 4.98 Å². The van der Waals surface area contributed by atoms with Gasteiger partial charge in [-0.15, -0.1) is 0 Å². The van der Waals surface area contributed by atoms with Crippen molar-refractivity contribution in [3.63, 3.8) is 0 Å². The Kier molecular flexibility index (Phi) is 0.859. The molecule has 0 amide bonds. The van der Waals surface area contributed by atoms with E-state index in [0.717, 1.165) is 0 Å². The van der Waals surface area contributed by atoms with Crippen molar-refractivity contribution in [1.82, 2.24) is 4.98 Å². The molecule has 1 aromatic heterocycles. The molecule has 60 valence electrons. The van der Waals surface area contributed by atoms with Crippen molar-refractivity contribution in [3.05, 3.63) is 45.0 Å². The van der Waals surface area contributed by atoms with Crippen LogP contribution in [0.2, 0.25) is 0 Å². The molecule has 2 rings (SSSR count). The van der Waals surface area contributed by atoms with Crippen molar-refractivity contribution in [1.29, 1.82) is 0 Å². The summed E-state index contributed by atoms with van der Waals surface area (Å²) in [4.78, 5) is 13.6. The number of nitrogens with one attached hydrogen (secondary N) is 1. The van der Waals surface area contributed by atoms with Crippen LogP contribution in [0.15, 0.2) is 39.5 Å². The first-order valence-electron chi connectivity index (χ1n) is 5.64. The summed E-state index contributed by atoms with van der Waals surface area (Å²) in [6.07, 6.45) is 0. The van der Waals surface area contributed by atoms with Crippen molar-refractivity contribution in [2.24, 2.45) is 0 Å². The van der Waals surface area contributed by atoms with Crippen LogP contribution >= 0.6 is 15.9 Å². The second-order valence-electron chi connectivity index (χ2n) is 2.14. The molecule has 1 heterocycles. The van der Waals surface area contributed by atoms with Crippen LogP contribution in [0.25, 0.3) is 10.9 Å². The Labute approximate surface area is 84.4 Å². The zero-order valence-corrected chi connectivity index (χ0v) is 7.37. The Morgan fingerprint density at radius 2 is 2.08 bits per heavy atom. The normalized spacial score (nSPS) is 16.2. The number of H-pyrrole nitrogens is 1. The fraction of sp³-hybridized carbons (Fsp3) is 0. The van der Waals surface area contributed by atoms with E-state index in [2.05, 4.69) is 20.9 Å². The molecule has 0 aliphatic carbocycles. The van der Waals surface area contributed by atoms with Crippen molar-refractivity contribution in [3.8, 4) is 0 Å². The fourth-order valence-electron chi connectivity index (χ4n) is 0.835. The molecule has 0 atom stereocenters. The van der Waals surface area contributed by atoms with Gasteiger partial charge in [0.1, 0.15) is 0 Å². The predicted octanol–water partition coefficient (Wildman–Crippen LogP) is 2.29. The van der Waals surface area contributed by atoms with Crippen LogP contribution in [0.3, 0.4) is 0 Å². The van der Waals surface area contributed by atoms with Crippen molar-refractivity contribution < 1.29 is 6.85 Å². The quantitative estimate of drug-likeness (QED) is 0.738. The number of benzene rings is 1. The lowest BCUT2D eigenvalue weighted by Gasteiger charge is -1.96. The van der Waals surface area contributed by atoms with E-state index in [1.165, 1.54) is 0 Å². The molecule has 12 heavy (non-hydrogen) atoms. The highest BCUT2D eigenvalue weighted by Crippen LogP contribution is 2.15. The second kappa shape index (κ2) is 2.75. The first-order valence-corrected chi connectivity index (χ1v) is 3.94. The maximum absolute atomic E-state index is 11.3. The molecular weight excluding hydrogens is 218 g/mol. The van der Waals surface area contributed by atoms with Gasteiger partial charge in [0.25, 0.3) is 0 Å². The lowest BCUT2D eigenvalue weighted by atomic mass is 10.2. The number of aromatic amines is 1. The minimum atomic E-state index is -0.778. The number of hydrogen-bond donors (Lipinski definition) is 1. The summed E-state index contributed by atoms with van der Waals surface area (Å²) in [6.45, 7) is 0. The zero-order valence-electron chi connectivity index (χ0n) is 10.8. The SMILES string of the molecule is [2H]c1c(Br)c([2H])c2[nH]c(=O)c([2H])c([2H])c2c1[2H]. The van der Waals surface area contributed by atoms with Crippen molar-refractivity contribution in [2.75, 3.05) is 0 Å². The van der Waals surface area contributed by atoms with Crippen LogP contribution in [0.4, 0.5) is 0 Å². The van der Waals surface area contributed by atoms with E-state index >= 15 is 0 Å². The van der Waals surface area contributed by atoms with Gasteiger partial charge < -0.3 is 4.98 Å². The number of halogens is 1. The molecule has 2 aromatic rings. The van der Waals surface area contributed by atoms with E-state index in [1.54, 1.807) is 0 Å². The Balaban J connectivity index is 3.18. The second-order valence-corrected chi connectivity index (χ2v) is 2.94. The molecule has 0 bridgehead atoms. The van der Waals surface area contributed by atoms with E-state index in [4.69, 9.17) is 6.85 Å².